The van der Waals surface area contributed by atoms with Crippen molar-refractivity contribution in [3.63, 3.8) is 0 Å². The van der Waals surface area contributed by atoms with E-state index in [9.17, 15) is 14.9 Å². The molecule has 0 amide bonds. The van der Waals surface area contributed by atoms with Gasteiger partial charge in [-0.25, -0.2) is 4.79 Å². The van der Waals surface area contributed by atoms with Crippen molar-refractivity contribution in [2.75, 3.05) is 20.8 Å². The van der Waals surface area contributed by atoms with E-state index in [-0.39, 0.29) is 18.0 Å². The molecule has 1 aromatic rings. The van der Waals surface area contributed by atoms with Crippen LogP contribution < -0.4 is 15.2 Å². The van der Waals surface area contributed by atoms with E-state index in [2.05, 4.69) is 4.74 Å². The SMILES string of the molecule is COC(=O)C(CN)Oc1cc(OC)ccc1[N+](=O)[O-]. The monoisotopic (exact) mass is 270 g/mol. The molecule has 1 rings (SSSR count). The van der Waals surface area contributed by atoms with E-state index in [1.165, 1.54) is 32.4 Å². The first kappa shape index (κ1) is 14.7. The van der Waals surface area contributed by atoms with Crippen molar-refractivity contribution in [2.45, 2.75) is 6.10 Å². The van der Waals surface area contributed by atoms with Crippen LogP contribution in [0.2, 0.25) is 0 Å². The minimum Gasteiger partial charge on any atom is -0.497 e. The van der Waals surface area contributed by atoms with E-state index in [0.29, 0.717) is 5.75 Å². The summed E-state index contributed by atoms with van der Waals surface area (Å²) in [7, 11) is 2.58. The van der Waals surface area contributed by atoms with Gasteiger partial charge in [-0.1, -0.05) is 0 Å². The summed E-state index contributed by atoms with van der Waals surface area (Å²) in [5, 5.41) is 10.9. The first-order valence-corrected chi connectivity index (χ1v) is 5.30. The van der Waals surface area contributed by atoms with Crippen molar-refractivity contribution in [1.82, 2.24) is 0 Å². The quantitative estimate of drug-likeness (QED) is 0.454. The molecule has 0 aliphatic carbocycles. The van der Waals surface area contributed by atoms with Crippen LogP contribution in [0.3, 0.4) is 0 Å². The van der Waals surface area contributed by atoms with Crippen LogP contribution in [0.25, 0.3) is 0 Å². The average Bonchev–Trinajstić information content (AvgIpc) is 2.43. The highest BCUT2D eigenvalue weighted by Crippen LogP contribution is 2.31. The molecule has 1 unspecified atom stereocenters. The van der Waals surface area contributed by atoms with Crippen LogP contribution in [0.4, 0.5) is 5.69 Å². The number of benzene rings is 1. The van der Waals surface area contributed by atoms with Crippen LogP contribution in [0.15, 0.2) is 18.2 Å². The van der Waals surface area contributed by atoms with E-state index < -0.39 is 17.0 Å². The second-order valence-electron chi connectivity index (χ2n) is 3.46. The predicted molar refractivity (Wildman–Crippen MR) is 65.1 cm³/mol. The summed E-state index contributed by atoms with van der Waals surface area (Å²) in [6.07, 6.45) is -1.11. The minimum absolute atomic E-state index is 0.106. The summed E-state index contributed by atoms with van der Waals surface area (Å²) in [6, 6.07) is 3.95. The van der Waals surface area contributed by atoms with E-state index >= 15 is 0 Å². The Morgan fingerprint density at radius 2 is 2.16 bits per heavy atom. The molecule has 0 heterocycles. The average molecular weight is 270 g/mol. The number of nitrogens with zero attached hydrogens (tertiary/aromatic N) is 1. The van der Waals surface area contributed by atoms with Gasteiger partial charge >= 0.3 is 11.7 Å². The zero-order chi connectivity index (χ0) is 14.4. The maximum Gasteiger partial charge on any atom is 0.348 e. The van der Waals surface area contributed by atoms with Crippen LogP contribution >= 0.6 is 0 Å². The van der Waals surface area contributed by atoms with Crippen molar-refractivity contribution in [1.29, 1.82) is 0 Å². The fraction of sp³-hybridized carbons (Fsp3) is 0.364. The lowest BCUT2D eigenvalue weighted by Gasteiger charge is -2.15. The van der Waals surface area contributed by atoms with Gasteiger partial charge in [-0.2, -0.15) is 0 Å². The lowest BCUT2D eigenvalue weighted by atomic mass is 10.2. The molecule has 1 atom stereocenters. The second-order valence-corrected chi connectivity index (χ2v) is 3.46. The molecule has 2 N–H and O–H groups in total. The zero-order valence-electron chi connectivity index (χ0n) is 10.5. The van der Waals surface area contributed by atoms with E-state index in [1.54, 1.807) is 0 Å². The summed E-state index contributed by atoms with van der Waals surface area (Å²) in [5.74, 6) is -0.453. The number of rotatable bonds is 6. The van der Waals surface area contributed by atoms with E-state index in [4.69, 9.17) is 15.2 Å². The molecule has 1 aromatic carbocycles. The molecule has 0 radical (unpaired) electrons. The molecule has 8 heteroatoms. The number of hydrogen-bond acceptors (Lipinski definition) is 7. The van der Waals surface area contributed by atoms with E-state index in [0.717, 1.165) is 0 Å². The molecule has 19 heavy (non-hydrogen) atoms. The van der Waals surface area contributed by atoms with Crippen molar-refractivity contribution in [2.24, 2.45) is 5.73 Å². The predicted octanol–water partition coefficient (Wildman–Crippen LogP) is 0.482. The number of nitro groups is 1. The van der Waals surface area contributed by atoms with Crippen LogP contribution in [0.5, 0.6) is 11.5 Å². The number of hydrogen-bond donors (Lipinski definition) is 1. The van der Waals surface area contributed by atoms with Crippen molar-refractivity contribution >= 4 is 11.7 Å². The Kier molecular flexibility index (Phi) is 5.07. The second kappa shape index (κ2) is 6.55. The molecule has 0 aliphatic heterocycles. The van der Waals surface area contributed by atoms with Gasteiger partial charge in [0, 0.05) is 18.7 Å². The van der Waals surface area contributed by atoms with Crippen LogP contribution in [0.1, 0.15) is 0 Å². The molecule has 0 aromatic heterocycles. The number of methoxy groups -OCH3 is 2. The maximum absolute atomic E-state index is 11.4. The Morgan fingerprint density at radius 3 is 2.63 bits per heavy atom. The molecular formula is C11H14N2O6. The Bertz CT molecular complexity index is 476. The molecule has 0 aliphatic rings. The number of esters is 1. The van der Waals surface area contributed by atoms with Gasteiger partial charge < -0.3 is 19.9 Å². The molecule has 104 valence electrons. The van der Waals surface area contributed by atoms with Gasteiger partial charge in [-0.3, -0.25) is 10.1 Å². The first-order chi connectivity index (χ1) is 9.03. The maximum atomic E-state index is 11.4. The van der Waals surface area contributed by atoms with Crippen LogP contribution in [-0.4, -0.2) is 37.8 Å². The van der Waals surface area contributed by atoms with Crippen LogP contribution in [0, 0.1) is 10.1 Å². The number of ether oxygens (including phenoxy) is 3. The number of nitrogens with two attached hydrogens (primary N) is 1. The Labute approximate surface area is 109 Å². The summed E-state index contributed by atoms with van der Waals surface area (Å²) >= 11 is 0. The van der Waals surface area contributed by atoms with Gasteiger partial charge in [0.25, 0.3) is 0 Å². The minimum atomic E-state index is -1.11. The fourth-order valence-corrected chi connectivity index (χ4v) is 1.34. The molecule has 0 saturated carbocycles. The van der Waals surface area contributed by atoms with Gasteiger partial charge in [0.2, 0.25) is 11.9 Å². The van der Waals surface area contributed by atoms with Crippen molar-refractivity contribution in [3.05, 3.63) is 28.3 Å². The Balaban J connectivity index is 3.08. The smallest absolute Gasteiger partial charge is 0.348 e. The lowest BCUT2D eigenvalue weighted by molar-refractivity contribution is -0.386. The summed E-state index contributed by atoms with van der Waals surface area (Å²) in [4.78, 5) is 21.6. The highest BCUT2D eigenvalue weighted by molar-refractivity contribution is 5.75. The largest absolute Gasteiger partial charge is 0.497 e. The topological polar surface area (TPSA) is 114 Å². The van der Waals surface area contributed by atoms with Crippen molar-refractivity contribution < 1.29 is 23.9 Å². The summed E-state index contributed by atoms with van der Waals surface area (Å²) in [5.41, 5.74) is 5.08. The highest BCUT2D eigenvalue weighted by Gasteiger charge is 2.24. The summed E-state index contributed by atoms with van der Waals surface area (Å²) in [6.45, 7) is -0.166. The standard InChI is InChI=1S/C11H14N2O6/c1-17-7-3-4-8(13(15)16)9(5-7)19-10(6-12)11(14)18-2/h3-5,10H,6,12H2,1-2H3. The molecule has 0 bridgehead atoms. The van der Waals surface area contributed by atoms with E-state index in [1.807, 2.05) is 0 Å². The number of nitro benzene ring substituents is 1. The zero-order valence-corrected chi connectivity index (χ0v) is 10.5. The van der Waals surface area contributed by atoms with Gasteiger partial charge in [-0.15, -0.1) is 0 Å². The number of carbonyl (C=O) groups excluding carboxylic acids is 1. The third-order valence-electron chi connectivity index (χ3n) is 2.31. The fourth-order valence-electron chi connectivity index (χ4n) is 1.34. The molecule has 0 saturated heterocycles. The Hall–Kier alpha value is -2.35. The van der Waals surface area contributed by atoms with Gasteiger partial charge in [0.15, 0.2) is 0 Å². The molecule has 8 nitrogen and oxygen atoms in total. The first-order valence-electron chi connectivity index (χ1n) is 5.30. The third-order valence-corrected chi connectivity index (χ3v) is 2.31. The lowest BCUT2D eigenvalue weighted by Crippen LogP contribution is -2.36. The molecular weight excluding hydrogens is 256 g/mol. The molecule has 0 spiro atoms. The summed E-state index contributed by atoms with van der Waals surface area (Å²) < 4.78 is 14.7. The van der Waals surface area contributed by atoms with Crippen LogP contribution in [-0.2, 0) is 9.53 Å². The third kappa shape index (κ3) is 3.55. The number of carbonyl (C=O) groups is 1. The normalized spacial score (nSPS) is 11.5. The van der Waals surface area contributed by atoms with Gasteiger partial charge in [0.1, 0.15) is 5.75 Å². The molecule has 0 fully saturated rings. The van der Waals surface area contributed by atoms with Gasteiger partial charge in [0.05, 0.1) is 19.1 Å². The highest BCUT2D eigenvalue weighted by atomic mass is 16.6. The van der Waals surface area contributed by atoms with Crippen molar-refractivity contribution in [3.8, 4) is 11.5 Å². The Morgan fingerprint density at radius 1 is 1.47 bits per heavy atom. The van der Waals surface area contributed by atoms with Gasteiger partial charge in [-0.05, 0) is 6.07 Å².